The third-order valence-corrected chi connectivity index (χ3v) is 7.87. The van der Waals surface area contributed by atoms with Crippen LogP contribution < -0.4 is 10.9 Å². The molecule has 33 heavy (non-hydrogen) atoms. The smallest absolute Gasteiger partial charge is 0.268 e. The highest BCUT2D eigenvalue weighted by Gasteiger charge is 2.22. The van der Waals surface area contributed by atoms with Gasteiger partial charge >= 0.3 is 0 Å². The lowest BCUT2D eigenvalue weighted by Gasteiger charge is -2.16. The van der Waals surface area contributed by atoms with Crippen molar-refractivity contribution >= 4 is 50.6 Å². The summed E-state index contributed by atoms with van der Waals surface area (Å²) in [6.45, 7) is 2.11. The SMILES string of the molecule is CC(Sc1nc2scc(-c3cccs3)c2c(=O)n1-c1ccccc1)C(=O)NCc1ccco1. The third kappa shape index (κ3) is 4.39. The number of benzene rings is 1. The van der Waals surface area contributed by atoms with E-state index in [9.17, 15) is 9.59 Å². The second-order valence-corrected chi connectivity index (χ2v) is 10.3. The predicted molar refractivity (Wildman–Crippen MR) is 134 cm³/mol. The minimum Gasteiger partial charge on any atom is -0.467 e. The first-order chi connectivity index (χ1) is 16.1. The van der Waals surface area contributed by atoms with Gasteiger partial charge in [-0.15, -0.1) is 22.7 Å². The summed E-state index contributed by atoms with van der Waals surface area (Å²) in [5.41, 5.74) is 1.47. The average molecular weight is 494 g/mol. The lowest BCUT2D eigenvalue weighted by atomic mass is 10.2. The van der Waals surface area contributed by atoms with Crippen molar-refractivity contribution in [2.75, 3.05) is 0 Å². The van der Waals surface area contributed by atoms with Crippen molar-refractivity contribution in [1.82, 2.24) is 14.9 Å². The Labute approximate surface area is 201 Å². The lowest BCUT2D eigenvalue weighted by Crippen LogP contribution is -2.31. The van der Waals surface area contributed by atoms with E-state index in [1.807, 2.05) is 59.3 Å². The molecule has 6 nitrogen and oxygen atoms in total. The van der Waals surface area contributed by atoms with Crippen molar-refractivity contribution in [2.45, 2.75) is 23.9 Å². The minimum atomic E-state index is -0.462. The van der Waals surface area contributed by atoms with Crippen molar-refractivity contribution < 1.29 is 9.21 Å². The molecule has 0 aliphatic heterocycles. The molecule has 1 atom stereocenters. The molecular formula is C24H19N3O3S3. The standard InChI is InChI=1S/C24H19N3O3S3/c1-15(21(28)25-13-17-9-5-11-30-17)33-24-26-22-20(18(14-32-22)19-10-6-12-31-19)23(29)27(24)16-7-3-2-4-8-16/h2-12,14-15H,13H2,1H3,(H,25,28). The molecule has 0 saturated carbocycles. The first kappa shape index (κ1) is 21.7. The number of para-hydroxylation sites is 1. The maximum Gasteiger partial charge on any atom is 0.268 e. The number of hydrogen-bond donors (Lipinski definition) is 1. The Kier molecular flexibility index (Phi) is 6.17. The minimum absolute atomic E-state index is 0.137. The van der Waals surface area contributed by atoms with Crippen LogP contribution in [-0.2, 0) is 11.3 Å². The molecule has 4 aromatic heterocycles. The number of fused-ring (bicyclic) bond motifs is 1. The van der Waals surface area contributed by atoms with E-state index >= 15 is 0 Å². The van der Waals surface area contributed by atoms with Crippen molar-refractivity contribution in [3.05, 3.63) is 87.7 Å². The zero-order valence-corrected chi connectivity index (χ0v) is 20.0. The number of thiophene rings is 2. The van der Waals surface area contributed by atoms with E-state index in [2.05, 4.69) is 5.32 Å². The summed E-state index contributed by atoms with van der Waals surface area (Å²) in [7, 11) is 0. The van der Waals surface area contributed by atoms with Crippen LogP contribution in [0.25, 0.3) is 26.3 Å². The van der Waals surface area contributed by atoms with Gasteiger partial charge in [-0.05, 0) is 42.6 Å². The van der Waals surface area contributed by atoms with Gasteiger partial charge in [0.25, 0.3) is 5.56 Å². The molecule has 0 spiro atoms. The number of aromatic nitrogens is 2. The molecule has 0 radical (unpaired) electrons. The van der Waals surface area contributed by atoms with Crippen LogP contribution in [0, 0.1) is 0 Å². The van der Waals surface area contributed by atoms with E-state index < -0.39 is 5.25 Å². The highest BCUT2D eigenvalue weighted by atomic mass is 32.2. The Hall–Kier alpha value is -3.14. The molecule has 0 saturated heterocycles. The lowest BCUT2D eigenvalue weighted by molar-refractivity contribution is -0.120. The molecule has 1 N–H and O–H groups in total. The van der Waals surface area contributed by atoms with Crippen LogP contribution >= 0.6 is 34.4 Å². The third-order valence-electron chi connectivity index (χ3n) is 5.05. The van der Waals surface area contributed by atoms with Crippen molar-refractivity contribution in [3.63, 3.8) is 0 Å². The molecule has 1 amide bonds. The zero-order chi connectivity index (χ0) is 22.8. The molecule has 5 aromatic rings. The van der Waals surface area contributed by atoms with Gasteiger partial charge in [0.1, 0.15) is 10.6 Å². The van der Waals surface area contributed by atoms with E-state index in [-0.39, 0.29) is 11.5 Å². The number of thioether (sulfide) groups is 1. The summed E-state index contributed by atoms with van der Waals surface area (Å²) in [5.74, 6) is 0.525. The number of furan rings is 1. The van der Waals surface area contributed by atoms with Crippen LogP contribution in [0.5, 0.6) is 0 Å². The number of carbonyl (C=O) groups is 1. The molecule has 0 aliphatic carbocycles. The van der Waals surface area contributed by atoms with E-state index in [0.717, 1.165) is 10.4 Å². The fourth-order valence-electron chi connectivity index (χ4n) is 3.41. The number of nitrogens with one attached hydrogen (secondary N) is 1. The van der Waals surface area contributed by atoms with E-state index in [4.69, 9.17) is 9.40 Å². The average Bonchev–Trinajstić information content (AvgIpc) is 3.60. The van der Waals surface area contributed by atoms with Crippen LogP contribution in [0.4, 0.5) is 0 Å². The topological polar surface area (TPSA) is 77.1 Å². The van der Waals surface area contributed by atoms with Gasteiger partial charge < -0.3 is 9.73 Å². The maximum absolute atomic E-state index is 13.8. The fraction of sp³-hybridized carbons (Fsp3) is 0.125. The number of amides is 1. The Bertz CT molecular complexity index is 1440. The van der Waals surface area contributed by atoms with E-state index in [1.165, 1.54) is 23.1 Å². The van der Waals surface area contributed by atoms with Gasteiger partial charge in [0.05, 0.1) is 29.1 Å². The number of hydrogen-bond acceptors (Lipinski definition) is 7. The largest absolute Gasteiger partial charge is 0.467 e. The molecule has 0 fully saturated rings. The summed E-state index contributed by atoms with van der Waals surface area (Å²) in [4.78, 5) is 33.0. The summed E-state index contributed by atoms with van der Waals surface area (Å²) >= 11 is 4.30. The normalized spacial score (nSPS) is 12.2. The second kappa shape index (κ2) is 9.38. The Balaban J connectivity index is 1.54. The molecule has 0 aliphatic rings. The molecule has 4 heterocycles. The Morgan fingerprint density at radius 3 is 2.73 bits per heavy atom. The fourth-order valence-corrected chi connectivity index (χ4v) is 6.17. The summed E-state index contributed by atoms with van der Waals surface area (Å²) < 4.78 is 6.88. The molecule has 9 heteroatoms. The van der Waals surface area contributed by atoms with Crippen molar-refractivity contribution in [1.29, 1.82) is 0 Å². The summed E-state index contributed by atoms with van der Waals surface area (Å²) in [6, 6.07) is 17.0. The highest BCUT2D eigenvalue weighted by molar-refractivity contribution is 8.00. The second-order valence-electron chi connectivity index (χ2n) is 7.23. The summed E-state index contributed by atoms with van der Waals surface area (Å²) in [6.07, 6.45) is 1.57. The van der Waals surface area contributed by atoms with Crippen LogP contribution in [0.3, 0.4) is 0 Å². The van der Waals surface area contributed by atoms with Crippen LogP contribution in [0.2, 0.25) is 0 Å². The molecule has 5 rings (SSSR count). The summed E-state index contributed by atoms with van der Waals surface area (Å²) in [5, 5.41) is 7.48. The quantitative estimate of drug-likeness (QED) is 0.237. The number of carbonyl (C=O) groups excluding carboxylic acids is 1. The van der Waals surface area contributed by atoms with Gasteiger partial charge in [0, 0.05) is 15.8 Å². The molecule has 0 bridgehead atoms. The molecule has 1 aromatic carbocycles. The van der Waals surface area contributed by atoms with Crippen LogP contribution in [0.1, 0.15) is 12.7 Å². The van der Waals surface area contributed by atoms with Gasteiger partial charge in [-0.1, -0.05) is 36.0 Å². The Morgan fingerprint density at radius 1 is 1.15 bits per heavy atom. The first-order valence-corrected chi connectivity index (χ1v) is 12.9. The molecule has 1 unspecified atom stereocenters. The van der Waals surface area contributed by atoms with Crippen LogP contribution in [0.15, 0.2) is 86.0 Å². The number of nitrogens with zero attached hydrogens (tertiary/aromatic N) is 2. The number of rotatable bonds is 7. The van der Waals surface area contributed by atoms with Gasteiger partial charge in [-0.25, -0.2) is 4.98 Å². The Morgan fingerprint density at radius 2 is 2.00 bits per heavy atom. The molecular weight excluding hydrogens is 474 g/mol. The van der Waals surface area contributed by atoms with E-state index in [1.54, 1.807) is 35.2 Å². The zero-order valence-electron chi connectivity index (χ0n) is 17.6. The van der Waals surface area contributed by atoms with E-state index in [0.29, 0.717) is 33.4 Å². The molecule has 166 valence electrons. The monoisotopic (exact) mass is 493 g/mol. The van der Waals surface area contributed by atoms with Gasteiger partial charge in [-0.3, -0.25) is 14.2 Å². The van der Waals surface area contributed by atoms with Gasteiger partial charge in [0.15, 0.2) is 5.16 Å². The highest BCUT2D eigenvalue weighted by Crippen LogP contribution is 2.35. The van der Waals surface area contributed by atoms with Gasteiger partial charge in [0.2, 0.25) is 5.91 Å². The van der Waals surface area contributed by atoms with Crippen LogP contribution in [-0.4, -0.2) is 20.7 Å². The maximum atomic E-state index is 13.8. The predicted octanol–water partition coefficient (Wildman–Crippen LogP) is 5.57. The van der Waals surface area contributed by atoms with Crippen molar-refractivity contribution in [3.8, 4) is 16.1 Å². The van der Waals surface area contributed by atoms with Gasteiger partial charge in [-0.2, -0.15) is 0 Å². The first-order valence-electron chi connectivity index (χ1n) is 10.2. The van der Waals surface area contributed by atoms with Crippen molar-refractivity contribution in [2.24, 2.45) is 0 Å².